The van der Waals surface area contributed by atoms with Crippen molar-refractivity contribution in [3.8, 4) is 11.1 Å². The van der Waals surface area contributed by atoms with Gasteiger partial charge in [-0.25, -0.2) is 14.8 Å². The summed E-state index contributed by atoms with van der Waals surface area (Å²) >= 11 is 0. The van der Waals surface area contributed by atoms with Crippen LogP contribution in [-0.2, 0) is 4.74 Å². The van der Waals surface area contributed by atoms with Gasteiger partial charge in [0, 0.05) is 16.3 Å². The molecule has 26 heavy (non-hydrogen) atoms. The van der Waals surface area contributed by atoms with Crippen LogP contribution in [0.15, 0.2) is 69.4 Å². The molecule has 2 aliphatic rings. The average molecular weight is 340 g/mol. The molecule has 0 saturated heterocycles. The highest BCUT2D eigenvalue weighted by Crippen LogP contribution is 2.33. The fraction of sp³-hybridized carbons (Fsp3) is 0.0476. The smallest absolute Gasteiger partial charge is 0.340 e. The molecule has 0 N–H and O–H groups in total. The molecule has 3 aromatic carbocycles. The summed E-state index contributed by atoms with van der Waals surface area (Å²) in [6.07, 6.45) is 0. The molecule has 0 fully saturated rings. The number of nitrogens with zero attached hydrogens (tertiary/aromatic N) is 2. The number of hydrogen-bond donors (Lipinski definition) is 0. The van der Waals surface area contributed by atoms with Crippen LogP contribution in [-0.4, -0.2) is 13.1 Å². The van der Waals surface area contributed by atoms with E-state index in [2.05, 4.69) is 9.98 Å². The Balaban J connectivity index is 2.10. The summed E-state index contributed by atoms with van der Waals surface area (Å²) in [6.45, 7) is 0. The van der Waals surface area contributed by atoms with Crippen molar-refractivity contribution in [1.82, 2.24) is 0 Å². The predicted molar refractivity (Wildman–Crippen MR) is 95.2 cm³/mol. The quantitative estimate of drug-likeness (QED) is 0.440. The number of carbonyl (C=O) groups is 1. The largest absolute Gasteiger partial charge is 0.465 e. The van der Waals surface area contributed by atoms with Crippen LogP contribution in [0.2, 0.25) is 0 Å². The maximum Gasteiger partial charge on any atom is 0.340 e. The Bertz CT molecular complexity index is 1410. The van der Waals surface area contributed by atoms with Gasteiger partial charge in [0.05, 0.1) is 34.6 Å². The van der Waals surface area contributed by atoms with Crippen LogP contribution in [0.5, 0.6) is 0 Å². The van der Waals surface area contributed by atoms with Crippen LogP contribution < -0.4 is 16.1 Å². The van der Waals surface area contributed by atoms with Crippen molar-refractivity contribution >= 4 is 17.3 Å². The van der Waals surface area contributed by atoms with Gasteiger partial charge in [0.1, 0.15) is 5.36 Å². The molecule has 0 spiro atoms. The molecule has 0 aliphatic carbocycles. The Hall–Kier alpha value is -3.60. The maximum atomic E-state index is 13.3. The first kappa shape index (κ1) is 14.7. The minimum Gasteiger partial charge on any atom is -0.465 e. The number of rotatable bonds is 1. The maximum absolute atomic E-state index is 13.3. The van der Waals surface area contributed by atoms with Crippen LogP contribution in [0.1, 0.15) is 10.4 Å². The van der Waals surface area contributed by atoms with Gasteiger partial charge in [-0.15, -0.1) is 0 Å². The van der Waals surface area contributed by atoms with E-state index in [0.717, 1.165) is 11.3 Å². The Morgan fingerprint density at radius 1 is 0.962 bits per heavy atom. The Morgan fingerprint density at radius 3 is 2.58 bits per heavy atom. The van der Waals surface area contributed by atoms with Crippen molar-refractivity contribution in [3.05, 3.63) is 91.5 Å². The summed E-state index contributed by atoms with van der Waals surface area (Å²) in [4.78, 5) is 34.9. The van der Waals surface area contributed by atoms with E-state index in [1.807, 2.05) is 48.5 Å². The lowest BCUT2D eigenvalue weighted by atomic mass is 10.1. The summed E-state index contributed by atoms with van der Waals surface area (Å²) in [7, 11) is 1.32. The monoisotopic (exact) mass is 340 g/mol. The SMILES string of the molecule is COC(=O)c1cc2c(c(=O)c3c1N=c1ccccc1=3)=Nc1ccccc1-2. The Morgan fingerprint density at radius 2 is 1.73 bits per heavy atom. The van der Waals surface area contributed by atoms with E-state index >= 15 is 0 Å². The van der Waals surface area contributed by atoms with Gasteiger partial charge >= 0.3 is 5.97 Å². The van der Waals surface area contributed by atoms with E-state index in [0.29, 0.717) is 32.4 Å². The highest BCUT2D eigenvalue weighted by Gasteiger charge is 2.23. The number of hydrogen-bond acceptors (Lipinski definition) is 5. The molecule has 0 aromatic heterocycles. The standard InChI is InChI=1S/C21H12N2O3/c1-26-21(25)14-10-13-11-6-2-4-8-15(11)23-19(13)20(24)17-12-7-3-5-9-16(12)22-18(14)17/h2-10H,1H3. The van der Waals surface area contributed by atoms with Gasteiger partial charge in [-0.1, -0.05) is 36.4 Å². The summed E-state index contributed by atoms with van der Waals surface area (Å²) in [5.41, 5.74) is 2.57. The minimum atomic E-state index is -0.528. The molecule has 5 heteroatoms. The zero-order valence-corrected chi connectivity index (χ0v) is 13.8. The van der Waals surface area contributed by atoms with Gasteiger partial charge in [-0.2, -0.15) is 0 Å². The van der Waals surface area contributed by atoms with Gasteiger partial charge in [0.15, 0.2) is 0 Å². The number of esters is 1. The third kappa shape index (κ3) is 1.85. The second-order valence-corrected chi connectivity index (χ2v) is 6.12. The lowest BCUT2D eigenvalue weighted by Gasteiger charge is -2.01. The molecule has 0 bridgehead atoms. The van der Waals surface area contributed by atoms with Crippen molar-refractivity contribution < 1.29 is 9.53 Å². The molecule has 2 heterocycles. The van der Waals surface area contributed by atoms with Gasteiger partial charge in [-0.3, -0.25) is 4.79 Å². The molecule has 0 saturated carbocycles. The molecule has 3 aromatic rings. The first-order valence-electron chi connectivity index (χ1n) is 8.15. The minimum absolute atomic E-state index is 0.227. The van der Waals surface area contributed by atoms with Crippen LogP contribution in [0.3, 0.4) is 0 Å². The number of para-hydroxylation sites is 2. The molecule has 5 nitrogen and oxygen atoms in total. The number of fused-ring (bicyclic) bond motifs is 5. The van der Waals surface area contributed by atoms with Crippen molar-refractivity contribution in [2.75, 3.05) is 7.11 Å². The zero-order valence-electron chi connectivity index (χ0n) is 13.8. The lowest BCUT2D eigenvalue weighted by molar-refractivity contribution is 0.0602. The van der Waals surface area contributed by atoms with E-state index in [1.54, 1.807) is 6.07 Å². The van der Waals surface area contributed by atoms with E-state index in [4.69, 9.17) is 4.74 Å². The highest BCUT2D eigenvalue weighted by molar-refractivity contribution is 5.97. The normalized spacial score (nSPS) is 12.2. The predicted octanol–water partition coefficient (Wildman–Crippen LogP) is 2.32. The van der Waals surface area contributed by atoms with Crippen LogP contribution in [0.4, 0.5) is 11.4 Å². The van der Waals surface area contributed by atoms with Gasteiger partial charge in [0.2, 0.25) is 5.43 Å². The Labute approximate surface area is 147 Å². The van der Waals surface area contributed by atoms with Crippen molar-refractivity contribution in [2.24, 2.45) is 9.98 Å². The van der Waals surface area contributed by atoms with Gasteiger partial charge in [0.25, 0.3) is 0 Å². The molecule has 2 aliphatic heterocycles. The Kier molecular flexibility index (Phi) is 2.94. The molecule has 0 amide bonds. The number of carbonyl (C=O) groups excluding carboxylic acids is 1. The van der Waals surface area contributed by atoms with Crippen LogP contribution in [0.25, 0.3) is 11.1 Å². The number of benzene rings is 2. The van der Waals surface area contributed by atoms with Crippen molar-refractivity contribution in [1.29, 1.82) is 0 Å². The third-order valence-electron chi connectivity index (χ3n) is 4.72. The zero-order chi connectivity index (χ0) is 17.8. The first-order valence-corrected chi connectivity index (χ1v) is 8.15. The molecular weight excluding hydrogens is 328 g/mol. The number of methoxy groups -OCH3 is 1. The topological polar surface area (TPSA) is 68.1 Å². The first-order chi connectivity index (χ1) is 12.7. The van der Waals surface area contributed by atoms with Crippen molar-refractivity contribution in [3.63, 3.8) is 0 Å². The van der Waals surface area contributed by atoms with E-state index in [1.165, 1.54) is 7.11 Å². The fourth-order valence-electron chi connectivity index (χ4n) is 3.53. The fourth-order valence-corrected chi connectivity index (χ4v) is 3.53. The van der Waals surface area contributed by atoms with Crippen molar-refractivity contribution in [2.45, 2.75) is 0 Å². The molecule has 0 radical (unpaired) electrons. The molecule has 5 rings (SSSR count). The lowest BCUT2D eigenvalue weighted by Crippen LogP contribution is -2.23. The molecular formula is C21H12N2O3. The van der Waals surface area contributed by atoms with Crippen LogP contribution >= 0.6 is 0 Å². The summed E-state index contributed by atoms with van der Waals surface area (Å²) in [6, 6.07) is 16.5. The van der Waals surface area contributed by atoms with E-state index in [9.17, 15) is 9.59 Å². The van der Waals surface area contributed by atoms with Gasteiger partial charge in [-0.05, 0) is 18.2 Å². The second kappa shape index (κ2) is 5.20. The van der Waals surface area contributed by atoms with Crippen LogP contribution in [0, 0.1) is 10.4 Å². The molecule has 0 unspecified atom stereocenters. The molecule has 124 valence electrons. The van der Waals surface area contributed by atoms with Gasteiger partial charge < -0.3 is 4.74 Å². The summed E-state index contributed by atoms with van der Waals surface area (Å²) < 4.78 is 4.96. The van der Waals surface area contributed by atoms with E-state index < -0.39 is 5.97 Å². The second-order valence-electron chi connectivity index (χ2n) is 6.12. The van der Waals surface area contributed by atoms with E-state index in [-0.39, 0.29) is 11.0 Å². The summed E-state index contributed by atoms with van der Waals surface area (Å²) in [5, 5.41) is 2.12. The third-order valence-corrected chi connectivity index (χ3v) is 4.72. The number of ether oxygens (including phenoxy) is 1. The summed E-state index contributed by atoms with van der Waals surface area (Å²) in [5.74, 6) is -0.528. The average Bonchev–Trinajstić information content (AvgIpc) is 3.20. The molecule has 0 atom stereocenters. The highest BCUT2D eigenvalue weighted by atomic mass is 16.5.